The zero-order valence-electron chi connectivity index (χ0n) is 10.6. The number of amides is 1. The van der Waals surface area contributed by atoms with Gasteiger partial charge in [-0.2, -0.15) is 0 Å². The molecule has 0 bridgehead atoms. The van der Waals surface area contributed by atoms with Crippen molar-refractivity contribution in [2.24, 2.45) is 0 Å². The van der Waals surface area contributed by atoms with Crippen LogP contribution in [0.2, 0.25) is 5.02 Å². The number of benzene rings is 1. The quantitative estimate of drug-likeness (QED) is 0.823. The number of para-hydroxylation sites is 1. The Bertz CT molecular complexity index is 530. The first kappa shape index (κ1) is 15.8. The van der Waals surface area contributed by atoms with Gasteiger partial charge < -0.3 is 10.1 Å². The van der Waals surface area contributed by atoms with Gasteiger partial charge in [0, 0.05) is 12.8 Å². The molecular formula is C12H16ClNO4S. The van der Waals surface area contributed by atoms with Gasteiger partial charge in [-0.15, -0.1) is 0 Å². The molecule has 0 radical (unpaired) electrons. The predicted octanol–water partition coefficient (Wildman–Crippen LogP) is 1.27. The fourth-order valence-corrected chi connectivity index (χ4v) is 1.94. The Kier molecular flexibility index (Phi) is 6.11. The molecule has 7 heteroatoms. The van der Waals surface area contributed by atoms with Gasteiger partial charge in [0.25, 0.3) is 0 Å². The Morgan fingerprint density at radius 1 is 1.37 bits per heavy atom. The molecule has 19 heavy (non-hydrogen) atoms. The van der Waals surface area contributed by atoms with Crippen molar-refractivity contribution in [3.63, 3.8) is 0 Å². The number of nitrogens with one attached hydrogen (secondary N) is 1. The van der Waals surface area contributed by atoms with Crippen LogP contribution in [0.5, 0.6) is 5.75 Å². The van der Waals surface area contributed by atoms with Crippen LogP contribution < -0.4 is 10.1 Å². The van der Waals surface area contributed by atoms with Crippen molar-refractivity contribution in [1.82, 2.24) is 5.32 Å². The monoisotopic (exact) mass is 305 g/mol. The Hall–Kier alpha value is -1.27. The van der Waals surface area contributed by atoms with E-state index in [0.29, 0.717) is 10.8 Å². The van der Waals surface area contributed by atoms with Gasteiger partial charge in [0.1, 0.15) is 15.6 Å². The highest BCUT2D eigenvalue weighted by atomic mass is 35.5. The molecule has 1 aromatic carbocycles. The molecule has 0 atom stereocenters. The van der Waals surface area contributed by atoms with Crippen molar-refractivity contribution < 1.29 is 17.9 Å². The average molecular weight is 306 g/mol. The van der Waals surface area contributed by atoms with Crippen LogP contribution in [0, 0.1) is 0 Å². The number of ether oxygens (including phenoxy) is 1. The van der Waals surface area contributed by atoms with E-state index in [0.717, 1.165) is 6.26 Å². The van der Waals surface area contributed by atoms with Crippen LogP contribution in [-0.2, 0) is 14.6 Å². The number of hydrogen-bond acceptors (Lipinski definition) is 4. The molecule has 1 rings (SSSR count). The third-order valence-corrected chi connectivity index (χ3v) is 3.48. The first-order valence-corrected chi connectivity index (χ1v) is 8.14. The molecule has 0 saturated heterocycles. The Labute approximate surface area is 117 Å². The maximum Gasteiger partial charge on any atom is 0.223 e. The minimum absolute atomic E-state index is 0.0654. The van der Waals surface area contributed by atoms with E-state index in [1.165, 1.54) is 0 Å². The molecule has 106 valence electrons. The van der Waals surface area contributed by atoms with Gasteiger partial charge in [-0.25, -0.2) is 8.42 Å². The van der Waals surface area contributed by atoms with E-state index >= 15 is 0 Å². The first-order valence-electron chi connectivity index (χ1n) is 5.70. The van der Waals surface area contributed by atoms with Gasteiger partial charge in [0.15, 0.2) is 0 Å². The lowest BCUT2D eigenvalue weighted by molar-refractivity contribution is -0.121. The van der Waals surface area contributed by atoms with Crippen LogP contribution in [0.4, 0.5) is 0 Å². The van der Waals surface area contributed by atoms with Gasteiger partial charge in [-0.05, 0) is 12.1 Å². The third kappa shape index (κ3) is 7.03. The van der Waals surface area contributed by atoms with E-state index in [4.69, 9.17) is 16.3 Å². The summed E-state index contributed by atoms with van der Waals surface area (Å²) in [5.41, 5.74) is 0. The number of halogens is 1. The lowest BCUT2D eigenvalue weighted by Crippen LogP contribution is -2.29. The van der Waals surface area contributed by atoms with Crippen LogP contribution in [0.15, 0.2) is 24.3 Å². The van der Waals surface area contributed by atoms with E-state index < -0.39 is 9.84 Å². The molecule has 1 N–H and O–H groups in total. The summed E-state index contributed by atoms with van der Waals surface area (Å²) in [7, 11) is -3.05. The van der Waals surface area contributed by atoms with Gasteiger partial charge in [-0.1, -0.05) is 23.7 Å². The molecule has 0 unspecified atom stereocenters. The maximum atomic E-state index is 11.4. The summed E-state index contributed by atoms with van der Waals surface area (Å²) in [6.45, 7) is 0.304. The summed E-state index contributed by atoms with van der Waals surface area (Å²) < 4.78 is 27.1. The smallest absolute Gasteiger partial charge is 0.223 e. The number of sulfone groups is 1. The van der Waals surface area contributed by atoms with Crippen molar-refractivity contribution in [2.75, 3.05) is 25.2 Å². The first-order chi connectivity index (χ1) is 8.88. The Morgan fingerprint density at radius 2 is 2.05 bits per heavy atom. The van der Waals surface area contributed by atoms with Crippen LogP contribution in [0.25, 0.3) is 0 Å². The second-order valence-corrected chi connectivity index (χ2v) is 6.68. The Balaban J connectivity index is 2.23. The molecule has 0 heterocycles. The Morgan fingerprint density at radius 3 is 2.68 bits per heavy atom. The largest absolute Gasteiger partial charge is 0.491 e. The third-order valence-electron chi connectivity index (χ3n) is 2.22. The molecule has 0 fully saturated rings. The minimum atomic E-state index is -3.05. The van der Waals surface area contributed by atoms with Crippen LogP contribution in [0.3, 0.4) is 0 Å². The highest BCUT2D eigenvalue weighted by Crippen LogP contribution is 2.22. The molecule has 5 nitrogen and oxygen atoms in total. The SMILES string of the molecule is CS(=O)(=O)CCNC(=O)CCOc1ccccc1Cl. The minimum Gasteiger partial charge on any atom is -0.491 e. The number of carbonyl (C=O) groups is 1. The van der Waals surface area contributed by atoms with Crippen molar-refractivity contribution in [1.29, 1.82) is 0 Å². The van der Waals surface area contributed by atoms with E-state index in [2.05, 4.69) is 5.32 Å². The molecule has 0 aromatic heterocycles. The summed E-state index contributed by atoms with van der Waals surface area (Å²) >= 11 is 5.88. The van der Waals surface area contributed by atoms with Crippen molar-refractivity contribution >= 4 is 27.3 Å². The van der Waals surface area contributed by atoms with Crippen molar-refractivity contribution in [3.8, 4) is 5.75 Å². The second kappa shape index (κ2) is 7.35. The van der Waals surface area contributed by atoms with Gasteiger partial charge in [0.05, 0.1) is 23.8 Å². The molecule has 0 saturated carbocycles. The van der Waals surface area contributed by atoms with Crippen LogP contribution in [-0.4, -0.2) is 39.5 Å². The topological polar surface area (TPSA) is 72.5 Å². The summed E-state index contributed by atoms with van der Waals surface area (Å²) in [6, 6.07) is 6.98. The standard InChI is InChI=1S/C12H16ClNO4S/c1-19(16,17)9-7-14-12(15)6-8-18-11-5-3-2-4-10(11)13/h2-5H,6-9H2,1H3,(H,14,15). The highest BCUT2D eigenvalue weighted by Gasteiger charge is 2.06. The summed E-state index contributed by atoms with van der Waals surface area (Å²) in [5.74, 6) is 0.202. The second-order valence-electron chi connectivity index (χ2n) is 4.01. The molecular weight excluding hydrogens is 290 g/mol. The summed E-state index contributed by atoms with van der Waals surface area (Å²) in [4.78, 5) is 11.4. The zero-order chi connectivity index (χ0) is 14.3. The van der Waals surface area contributed by atoms with Crippen LogP contribution in [0.1, 0.15) is 6.42 Å². The molecule has 1 amide bonds. The summed E-state index contributed by atoms with van der Waals surface area (Å²) in [6.07, 6.45) is 1.27. The van der Waals surface area contributed by atoms with Gasteiger partial charge in [0.2, 0.25) is 5.91 Å². The molecule has 0 aliphatic carbocycles. The number of hydrogen-bond donors (Lipinski definition) is 1. The van der Waals surface area contributed by atoms with Crippen molar-refractivity contribution in [2.45, 2.75) is 6.42 Å². The van der Waals surface area contributed by atoms with Gasteiger partial charge in [-0.3, -0.25) is 4.79 Å². The zero-order valence-corrected chi connectivity index (χ0v) is 12.1. The average Bonchev–Trinajstić information content (AvgIpc) is 2.30. The van der Waals surface area contributed by atoms with E-state index in [1.54, 1.807) is 24.3 Å². The predicted molar refractivity (Wildman–Crippen MR) is 74.3 cm³/mol. The lowest BCUT2D eigenvalue weighted by Gasteiger charge is -2.08. The lowest BCUT2D eigenvalue weighted by atomic mass is 10.3. The van der Waals surface area contributed by atoms with E-state index in [9.17, 15) is 13.2 Å². The van der Waals surface area contributed by atoms with Crippen molar-refractivity contribution in [3.05, 3.63) is 29.3 Å². The molecule has 0 spiro atoms. The molecule has 0 aliphatic heterocycles. The number of carbonyl (C=O) groups excluding carboxylic acids is 1. The van der Waals surface area contributed by atoms with E-state index in [-0.39, 0.29) is 31.2 Å². The molecule has 1 aromatic rings. The normalized spacial score (nSPS) is 11.1. The molecule has 0 aliphatic rings. The number of rotatable bonds is 7. The fraction of sp³-hybridized carbons (Fsp3) is 0.417. The highest BCUT2D eigenvalue weighted by molar-refractivity contribution is 7.90. The fourth-order valence-electron chi connectivity index (χ4n) is 1.28. The summed E-state index contributed by atoms with van der Waals surface area (Å²) in [5, 5.41) is 3.00. The maximum absolute atomic E-state index is 11.4. The van der Waals surface area contributed by atoms with Crippen LogP contribution >= 0.6 is 11.6 Å². The van der Waals surface area contributed by atoms with E-state index in [1.807, 2.05) is 0 Å². The van der Waals surface area contributed by atoms with Gasteiger partial charge >= 0.3 is 0 Å².